The Morgan fingerprint density at radius 1 is 0.812 bits per heavy atom. The highest BCUT2D eigenvalue weighted by Crippen LogP contribution is 1.83. The van der Waals surface area contributed by atoms with Crippen LogP contribution in [0.25, 0.3) is 0 Å². The first-order chi connectivity index (χ1) is 8.00. The number of rotatable bonds is 0. The Morgan fingerprint density at radius 2 is 1.69 bits per heavy atom. The van der Waals surface area contributed by atoms with Crippen molar-refractivity contribution in [3.05, 3.63) is 49.0 Å². The van der Waals surface area contributed by atoms with Gasteiger partial charge in [-0.2, -0.15) is 0 Å². The molecule has 0 aromatic rings. The number of allylic oxidation sites excluding steroid dienone is 4. The summed E-state index contributed by atoms with van der Waals surface area (Å²) >= 11 is 0. The first-order valence-corrected chi connectivity index (χ1v) is 4.82. The minimum absolute atomic E-state index is 0.520. The molecule has 0 spiro atoms. The molecule has 0 atom stereocenters. The zero-order valence-electron chi connectivity index (χ0n) is 8.81. The minimum Gasteiger partial charge on any atom is -0.497 e. The Bertz CT molecular complexity index is 338. The molecule has 1 rings (SSSR count). The van der Waals surface area contributed by atoms with Crippen LogP contribution in [0.15, 0.2) is 64.0 Å². The molecule has 4 heteroatoms. The normalized spacial score (nSPS) is 22.5. The summed E-state index contributed by atoms with van der Waals surface area (Å²) < 4.78 is 5.15. The van der Waals surface area contributed by atoms with Gasteiger partial charge in [0.15, 0.2) is 0 Å². The zero-order chi connectivity index (χ0) is 11.3. The first kappa shape index (κ1) is 11.8. The molecular weight excluding hydrogens is 202 g/mol. The molecule has 0 saturated carbocycles. The van der Waals surface area contributed by atoms with E-state index in [2.05, 4.69) is 15.0 Å². The third-order valence-electron chi connectivity index (χ3n) is 1.44. The van der Waals surface area contributed by atoms with E-state index in [4.69, 9.17) is 4.74 Å². The monoisotopic (exact) mass is 215 g/mol. The first-order valence-electron chi connectivity index (χ1n) is 4.82. The molecule has 0 bridgehead atoms. The highest BCUT2D eigenvalue weighted by molar-refractivity contribution is 5.80. The van der Waals surface area contributed by atoms with Crippen LogP contribution in [0.4, 0.5) is 0 Å². The van der Waals surface area contributed by atoms with Crippen molar-refractivity contribution in [2.45, 2.75) is 0 Å². The Hall–Kier alpha value is -2.23. The van der Waals surface area contributed by atoms with Crippen LogP contribution in [0.2, 0.25) is 0 Å². The molecule has 1 aliphatic heterocycles. The second-order valence-corrected chi connectivity index (χ2v) is 2.63. The topological polar surface area (TPSA) is 46.3 Å². The van der Waals surface area contributed by atoms with Crippen molar-refractivity contribution in [3.8, 4) is 0 Å². The van der Waals surface area contributed by atoms with Gasteiger partial charge >= 0.3 is 0 Å². The molecule has 1 heterocycles. The van der Waals surface area contributed by atoms with Crippen LogP contribution in [0.5, 0.6) is 0 Å². The summed E-state index contributed by atoms with van der Waals surface area (Å²) in [5, 5.41) is 0. The van der Waals surface area contributed by atoms with Crippen LogP contribution < -0.4 is 0 Å². The van der Waals surface area contributed by atoms with Gasteiger partial charge in [0.25, 0.3) is 0 Å². The van der Waals surface area contributed by atoms with Crippen LogP contribution in [-0.4, -0.2) is 25.4 Å². The van der Waals surface area contributed by atoms with Crippen LogP contribution in [0.1, 0.15) is 0 Å². The lowest BCUT2D eigenvalue weighted by Gasteiger charge is -1.90. The third-order valence-corrected chi connectivity index (χ3v) is 1.44. The average molecular weight is 215 g/mol. The lowest BCUT2D eigenvalue weighted by atomic mass is 10.5. The van der Waals surface area contributed by atoms with Crippen molar-refractivity contribution in [1.82, 2.24) is 0 Å². The number of nitrogens with zero attached hydrogens (tertiary/aromatic N) is 3. The average Bonchev–Trinajstić information content (AvgIpc) is 2.29. The standard InChI is InChI=1S/C12H13N3O/c1-2-6-14-12-15-8-4-7-13-9-5-11-16-10-3-1/h1-9,11-12H,10H2/b3-1?,6-2?,7-4+,11-5-,13-9+,14-12?,15-8?. The maximum atomic E-state index is 5.15. The highest BCUT2D eigenvalue weighted by atomic mass is 16.5. The van der Waals surface area contributed by atoms with Crippen molar-refractivity contribution < 1.29 is 4.74 Å². The fraction of sp³-hybridized carbons (Fsp3) is 0.0833. The molecule has 0 fully saturated rings. The number of ether oxygens (including phenoxy) is 1. The van der Waals surface area contributed by atoms with Gasteiger partial charge in [-0.1, -0.05) is 6.08 Å². The van der Waals surface area contributed by atoms with E-state index in [0.29, 0.717) is 6.61 Å². The molecule has 0 N–H and O–H groups in total. The van der Waals surface area contributed by atoms with E-state index in [9.17, 15) is 0 Å². The molecule has 0 amide bonds. The lowest BCUT2D eigenvalue weighted by Crippen LogP contribution is -1.79. The number of aliphatic imine (C=N–C) groups is 3. The summed E-state index contributed by atoms with van der Waals surface area (Å²) in [5.74, 6) is 0. The van der Waals surface area contributed by atoms with Gasteiger partial charge in [0.2, 0.25) is 0 Å². The summed E-state index contributed by atoms with van der Waals surface area (Å²) in [6.45, 7) is 0.520. The minimum atomic E-state index is 0.520. The maximum absolute atomic E-state index is 5.15. The smallest absolute Gasteiger partial charge is 0.115 e. The Labute approximate surface area is 94.8 Å². The molecule has 0 saturated heterocycles. The molecule has 0 unspecified atom stereocenters. The van der Waals surface area contributed by atoms with Gasteiger partial charge in [0, 0.05) is 24.8 Å². The quantitative estimate of drug-likeness (QED) is 0.611. The summed E-state index contributed by atoms with van der Waals surface area (Å²) in [6, 6.07) is 0. The van der Waals surface area contributed by atoms with Crippen molar-refractivity contribution in [1.29, 1.82) is 0 Å². The molecule has 0 radical (unpaired) electrons. The van der Waals surface area contributed by atoms with Crippen molar-refractivity contribution in [2.24, 2.45) is 15.0 Å². The molecule has 0 aromatic heterocycles. The van der Waals surface area contributed by atoms with E-state index in [1.165, 1.54) is 6.34 Å². The second-order valence-electron chi connectivity index (χ2n) is 2.63. The van der Waals surface area contributed by atoms with Crippen LogP contribution >= 0.6 is 0 Å². The Balaban J connectivity index is 2.57. The van der Waals surface area contributed by atoms with Gasteiger partial charge in [0.05, 0.1) is 6.26 Å². The molecular formula is C12H13N3O. The SMILES string of the molecule is C1=CCO\C=C/C=N/C=C/C=NC=NC=C1. The number of hydrogen-bond donors (Lipinski definition) is 0. The molecule has 0 aliphatic carbocycles. The van der Waals surface area contributed by atoms with Gasteiger partial charge in [0.1, 0.15) is 12.9 Å². The van der Waals surface area contributed by atoms with Gasteiger partial charge in [-0.15, -0.1) is 0 Å². The fourth-order valence-corrected chi connectivity index (χ4v) is 0.788. The van der Waals surface area contributed by atoms with E-state index in [1.807, 2.05) is 18.2 Å². The van der Waals surface area contributed by atoms with E-state index in [1.54, 1.807) is 43.2 Å². The summed E-state index contributed by atoms with van der Waals surface area (Å²) in [7, 11) is 0. The molecule has 1 aliphatic rings. The summed E-state index contributed by atoms with van der Waals surface area (Å²) in [6.07, 6.45) is 18.5. The largest absolute Gasteiger partial charge is 0.497 e. The third kappa shape index (κ3) is 7.20. The van der Waals surface area contributed by atoms with Gasteiger partial charge in [-0.05, 0) is 24.3 Å². The van der Waals surface area contributed by atoms with E-state index >= 15 is 0 Å². The number of hydrogen-bond acceptors (Lipinski definition) is 4. The predicted octanol–water partition coefficient (Wildman–Crippen LogP) is 2.28. The lowest BCUT2D eigenvalue weighted by molar-refractivity contribution is 0.290. The van der Waals surface area contributed by atoms with E-state index < -0.39 is 0 Å². The summed E-state index contributed by atoms with van der Waals surface area (Å²) in [4.78, 5) is 11.8. The Morgan fingerprint density at radius 3 is 2.69 bits per heavy atom. The second kappa shape index (κ2) is 9.33. The van der Waals surface area contributed by atoms with E-state index in [-0.39, 0.29) is 0 Å². The van der Waals surface area contributed by atoms with Gasteiger partial charge in [-0.25, -0.2) is 9.98 Å². The molecule has 82 valence electrons. The maximum Gasteiger partial charge on any atom is 0.115 e. The Kier molecular flexibility index (Phi) is 6.91. The van der Waals surface area contributed by atoms with Crippen molar-refractivity contribution in [3.63, 3.8) is 0 Å². The van der Waals surface area contributed by atoms with Crippen molar-refractivity contribution in [2.75, 3.05) is 6.61 Å². The molecule has 0 aromatic carbocycles. The van der Waals surface area contributed by atoms with Crippen LogP contribution in [0.3, 0.4) is 0 Å². The van der Waals surface area contributed by atoms with E-state index in [0.717, 1.165) is 0 Å². The fourth-order valence-electron chi connectivity index (χ4n) is 0.788. The van der Waals surface area contributed by atoms with Crippen LogP contribution in [0, 0.1) is 0 Å². The van der Waals surface area contributed by atoms with Crippen LogP contribution in [-0.2, 0) is 4.74 Å². The summed E-state index contributed by atoms with van der Waals surface area (Å²) in [5.41, 5.74) is 0. The molecule has 16 heavy (non-hydrogen) atoms. The van der Waals surface area contributed by atoms with Gasteiger partial charge in [-0.3, -0.25) is 4.99 Å². The zero-order valence-corrected chi connectivity index (χ0v) is 8.81. The highest BCUT2D eigenvalue weighted by Gasteiger charge is 1.72. The molecule has 4 nitrogen and oxygen atoms in total. The predicted molar refractivity (Wildman–Crippen MR) is 68.0 cm³/mol. The van der Waals surface area contributed by atoms with Crippen molar-refractivity contribution >= 4 is 18.8 Å². The van der Waals surface area contributed by atoms with Gasteiger partial charge < -0.3 is 4.74 Å².